The first-order valence-electron chi connectivity index (χ1n) is 5.32. The summed E-state index contributed by atoms with van der Waals surface area (Å²) in [6, 6.07) is -1.70. The number of primary amides is 1. The molecule has 1 unspecified atom stereocenters. The Labute approximate surface area is 99.7 Å². The van der Waals surface area contributed by atoms with E-state index in [9.17, 15) is 14.4 Å². The highest BCUT2D eigenvalue weighted by Gasteiger charge is 2.28. The number of carboxylic acid groups (broad SMARTS) is 1. The molecule has 0 aliphatic heterocycles. The third-order valence-electron chi connectivity index (χ3n) is 2.22. The molecule has 1 atom stereocenters. The smallest absolute Gasteiger partial charge is 0.326 e. The van der Waals surface area contributed by atoms with Crippen molar-refractivity contribution in [3.05, 3.63) is 0 Å². The van der Waals surface area contributed by atoms with E-state index in [-0.39, 0.29) is 0 Å². The summed E-state index contributed by atoms with van der Waals surface area (Å²) in [6.07, 6.45) is 0.941. The summed E-state index contributed by atoms with van der Waals surface area (Å²) >= 11 is 0. The van der Waals surface area contributed by atoms with Crippen LogP contribution in [0.3, 0.4) is 0 Å². The van der Waals surface area contributed by atoms with Gasteiger partial charge in [-0.25, -0.2) is 9.59 Å². The van der Waals surface area contributed by atoms with Gasteiger partial charge in [0.25, 0.3) is 0 Å². The lowest BCUT2D eigenvalue weighted by atomic mass is 10.1. The first kappa shape index (κ1) is 15.2. The van der Waals surface area contributed by atoms with Crippen molar-refractivity contribution >= 4 is 17.9 Å². The molecule has 17 heavy (non-hydrogen) atoms. The highest BCUT2D eigenvalue weighted by molar-refractivity contribution is 5.90. The number of hydrogen-bond donors (Lipinski definition) is 4. The molecule has 0 fully saturated rings. The van der Waals surface area contributed by atoms with Crippen LogP contribution in [0.5, 0.6) is 0 Å². The minimum absolute atomic E-state index is 0.319. The van der Waals surface area contributed by atoms with Crippen molar-refractivity contribution in [1.82, 2.24) is 10.6 Å². The van der Waals surface area contributed by atoms with Gasteiger partial charge in [0, 0.05) is 0 Å². The maximum atomic E-state index is 11.5. The third kappa shape index (κ3) is 5.19. The monoisotopic (exact) mass is 245 g/mol. The first-order valence-corrected chi connectivity index (χ1v) is 5.32. The van der Waals surface area contributed by atoms with Gasteiger partial charge in [-0.1, -0.05) is 13.3 Å². The van der Waals surface area contributed by atoms with Gasteiger partial charge in [0.1, 0.15) is 11.6 Å². The van der Waals surface area contributed by atoms with Gasteiger partial charge in [0.2, 0.25) is 5.91 Å². The Balaban J connectivity index is 4.43. The van der Waals surface area contributed by atoms with E-state index in [1.54, 1.807) is 0 Å². The summed E-state index contributed by atoms with van der Waals surface area (Å²) in [6.45, 7) is 4.68. The van der Waals surface area contributed by atoms with Gasteiger partial charge < -0.3 is 21.5 Å². The Kier molecular flexibility index (Phi) is 5.43. The Bertz CT molecular complexity index is 315. The molecule has 0 aromatic heterocycles. The van der Waals surface area contributed by atoms with Gasteiger partial charge in [-0.2, -0.15) is 0 Å². The number of hydrogen-bond acceptors (Lipinski definition) is 3. The number of carbonyl (C=O) groups excluding carboxylic acids is 2. The Morgan fingerprint density at radius 1 is 1.35 bits per heavy atom. The molecule has 7 heteroatoms. The van der Waals surface area contributed by atoms with Crippen molar-refractivity contribution in [3.63, 3.8) is 0 Å². The second kappa shape index (κ2) is 6.07. The van der Waals surface area contributed by atoms with Gasteiger partial charge >= 0.3 is 12.0 Å². The summed E-state index contributed by atoms with van der Waals surface area (Å²) in [5.41, 5.74) is 3.85. The van der Waals surface area contributed by atoms with Crippen molar-refractivity contribution < 1.29 is 19.5 Å². The second-order valence-corrected chi connectivity index (χ2v) is 4.27. The fourth-order valence-corrected chi connectivity index (χ4v) is 1.09. The van der Waals surface area contributed by atoms with Crippen molar-refractivity contribution in [2.45, 2.75) is 45.2 Å². The number of amides is 3. The van der Waals surface area contributed by atoms with Crippen molar-refractivity contribution in [2.75, 3.05) is 0 Å². The average molecular weight is 245 g/mol. The van der Waals surface area contributed by atoms with Crippen LogP contribution in [0.15, 0.2) is 0 Å². The van der Waals surface area contributed by atoms with E-state index >= 15 is 0 Å². The lowest BCUT2D eigenvalue weighted by Crippen LogP contribution is -2.57. The molecule has 98 valence electrons. The molecule has 7 nitrogen and oxygen atoms in total. The molecule has 0 aliphatic carbocycles. The van der Waals surface area contributed by atoms with Gasteiger partial charge in [-0.15, -0.1) is 0 Å². The van der Waals surface area contributed by atoms with Crippen LogP contribution in [0, 0.1) is 0 Å². The van der Waals surface area contributed by atoms with E-state index in [2.05, 4.69) is 10.6 Å². The molecule has 0 saturated heterocycles. The zero-order valence-corrected chi connectivity index (χ0v) is 10.2. The molecule has 0 aromatic rings. The molecule has 0 bridgehead atoms. The topological polar surface area (TPSA) is 122 Å². The number of carbonyl (C=O) groups is 3. The Morgan fingerprint density at radius 2 is 1.88 bits per heavy atom. The lowest BCUT2D eigenvalue weighted by Gasteiger charge is -2.23. The molecule has 0 saturated carbocycles. The largest absolute Gasteiger partial charge is 0.480 e. The molecule has 0 rings (SSSR count). The zero-order valence-electron chi connectivity index (χ0n) is 10.2. The lowest BCUT2D eigenvalue weighted by molar-refractivity contribution is -0.139. The van der Waals surface area contributed by atoms with Crippen LogP contribution in [0.2, 0.25) is 0 Å². The van der Waals surface area contributed by atoms with Gasteiger partial charge in [-0.05, 0) is 20.3 Å². The third-order valence-corrected chi connectivity index (χ3v) is 2.22. The molecule has 0 radical (unpaired) electrons. The first-order chi connectivity index (χ1) is 7.70. The quantitative estimate of drug-likeness (QED) is 0.517. The number of urea groups is 1. The predicted octanol–water partition coefficient (Wildman–Crippen LogP) is -0.197. The molecule has 5 N–H and O–H groups in total. The molecule has 0 spiro atoms. The highest BCUT2D eigenvalue weighted by atomic mass is 16.4. The van der Waals surface area contributed by atoms with Gasteiger partial charge in [0.15, 0.2) is 0 Å². The molecular weight excluding hydrogens is 226 g/mol. The maximum Gasteiger partial charge on any atom is 0.326 e. The van der Waals surface area contributed by atoms with Crippen LogP contribution in [0.4, 0.5) is 4.79 Å². The van der Waals surface area contributed by atoms with Crippen LogP contribution in [0.25, 0.3) is 0 Å². The van der Waals surface area contributed by atoms with Crippen LogP contribution >= 0.6 is 0 Å². The van der Waals surface area contributed by atoms with E-state index in [4.69, 9.17) is 10.8 Å². The van der Waals surface area contributed by atoms with Crippen molar-refractivity contribution in [2.24, 2.45) is 5.73 Å². The predicted molar refractivity (Wildman–Crippen MR) is 61.3 cm³/mol. The van der Waals surface area contributed by atoms with E-state index in [1.165, 1.54) is 13.8 Å². The minimum atomic E-state index is -1.22. The maximum absolute atomic E-state index is 11.5. The summed E-state index contributed by atoms with van der Waals surface area (Å²) < 4.78 is 0. The fourth-order valence-electron chi connectivity index (χ4n) is 1.09. The van der Waals surface area contributed by atoms with Crippen LogP contribution in [-0.4, -0.2) is 34.6 Å². The van der Waals surface area contributed by atoms with Crippen LogP contribution in [0.1, 0.15) is 33.6 Å². The van der Waals surface area contributed by atoms with Crippen molar-refractivity contribution in [3.8, 4) is 0 Å². The molecule has 0 aromatic carbocycles. The SMILES string of the molecule is CCCC(NC(=O)NC(C)(C)C(N)=O)C(=O)O. The van der Waals surface area contributed by atoms with E-state index in [0.29, 0.717) is 12.8 Å². The average Bonchev–Trinajstić information content (AvgIpc) is 2.15. The normalized spacial score (nSPS) is 12.6. The van der Waals surface area contributed by atoms with E-state index in [0.717, 1.165) is 0 Å². The standard InChI is InChI=1S/C10H19N3O4/c1-4-5-6(7(14)15)12-9(17)13-10(2,3)8(11)16/h6H,4-5H2,1-3H3,(H2,11,16)(H,14,15)(H2,12,13,17). The number of aliphatic carboxylic acids is 1. The number of rotatable bonds is 6. The number of nitrogens with one attached hydrogen (secondary N) is 2. The van der Waals surface area contributed by atoms with Crippen LogP contribution < -0.4 is 16.4 Å². The minimum Gasteiger partial charge on any atom is -0.480 e. The zero-order chi connectivity index (χ0) is 13.6. The molecule has 0 heterocycles. The summed E-state index contributed by atoms with van der Waals surface area (Å²) in [5, 5.41) is 13.4. The summed E-state index contributed by atoms with van der Waals surface area (Å²) in [7, 11) is 0. The summed E-state index contributed by atoms with van der Waals surface area (Å²) in [4.78, 5) is 33.2. The Hall–Kier alpha value is -1.79. The Morgan fingerprint density at radius 3 is 2.24 bits per heavy atom. The van der Waals surface area contributed by atoms with Gasteiger partial charge in [0.05, 0.1) is 0 Å². The number of nitrogens with two attached hydrogens (primary N) is 1. The van der Waals surface area contributed by atoms with Gasteiger partial charge in [-0.3, -0.25) is 4.79 Å². The highest BCUT2D eigenvalue weighted by Crippen LogP contribution is 2.01. The second-order valence-electron chi connectivity index (χ2n) is 4.27. The molecular formula is C10H19N3O4. The van der Waals surface area contributed by atoms with E-state index < -0.39 is 29.5 Å². The van der Waals surface area contributed by atoms with Crippen molar-refractivity contribution in [1.29, 1.82) is 0 Å². The number of carboxylic acids is 1. The summed E-state index contributed by atoms with van der Waals surface area (Å²) in [5.74, 6) is -1.81. The molecule has 3 amide bonds. The fraction of sp³-hybridized carbons (Fsp3) is 0.700. The van der Waals surface area contributed by atoms with Crippen LogP contribution in [-0.2, 0) is 9.59 Å². The molecule has 0 aliphatic rings. The van der Waals surface area contributed by atoms with E-state index in [1.807, 2.05) is 6.92 Å².